The van der Waals surface area contributed by atoms with Gasteiger partial charge in [-0.1, -0.05) is 60.7 Å². The molecular formula is C33H40N6O5S2. The number of aliphatic hydroxyl groups excluding tert-OH is 1. The minimum Gasteiger partial charge on any atom is -0.444 e. The van der Waals surface area contributed by atoms with Gasteiger partial charge in [-0.25, -0.2) is 9.59 Å². The third kappa shape index (κ3) is 11.9. The Kier molecular flexibility index (Phi) is 14.0. The maximum atomic E-state index is 13.4. The second-order valence-corrected chi connectivity index (χ2v) is 12.8. The van der Waals surface area contributed by atoms with Gasteiger partial charge in [0, 0.05) is 36.4 Å². The number of nitrogens with one attached hydrogen (secondary N) is 3. The zero-order chi connectivity index (χ0) is 32.6. The van der Waals surface area contributed by atoms with Crippen molar-refractivity contribution < 1.29 is 24.2 Å². The fourth-order valence-corrected chi connectivity index (χ4v) is 5.99. The Hall–Kier alpha value is -4.33. The molecule has 4 aromatic rings. The van der Waals surface area contributed by atoms with Crippen LogP contribution in [0.5, 0.6) is 0 Å². The highest BCUT2D eigenvalue weighted by atomic mass is 32.1. The fraction of sp³-hybridized carbons (Fsp3) is 0.364. The number of aliphatic hydroxyl groups is 1. The molecule has 2 heterocycles. The highest BCUT2D eigenvalue weighted by molar-refractivity contribution is 7.09. The van der Waals surface area contributed by atoms with E-state index in [9.17, 15) is 19.5 Å². The lowest BCUT2D eigenvalue weighted by molar-refractivity contribution is -0.124. The second kappa shape index (κ2) is 18.6. The molecule has 0 saturated heterocycles. The molecule has 0 aliphatic carbocycles. The van der Waals surface area contributed by atoms with E-state index in [1.54, 1.807) is 30.5 Å². The number of urea groups is 1. The Morgan fingerprint density at radius 1 is 0.826 bits per heavy atom. The van der Waals surface area contributed by atoms with E-state index in [0.717, 1.165) is 27.3 Å². The first-order valence-electron chi connectivity index (χ1n) is 15.1. The van der Waals surface area contributed by atoms with Crippen LogP contribution in [0.1, 0.15) is 40.1 Å². The number of aryl methyl sites for hydroxylation is 1. The van der Waals surface area contributed by atoms with E-state index in [-0.39, 0.29) is 18.7 Å². The van der Waals surface area contributed by atoms with E-state index in [1.807, 2.05) is 48.5 Å². The van der Waals surface area contributed by atoms with Crippen molar-refractivity contribution in [3.05, 3.63) is 105 Å². The molecule has 13 heteroatoms. The van der Waals surface area contributed by atoms with Crippen molar-refractivity contribution in [2.75, 3.05) is 13.7 Å². The van der Waals surface area contributed by atoms with Gasteiger partial charge in [-0.3, -0.25) is 14.8 Å². The average molecular weight is 665 g/mol. The lowest BCUT2D eigenvalue weighted by Gasteiger charge is -2.26. The molecule has 4 rings (SSSR count). The quantitative estimate of drug-likeness (QED) is 0.130. The SMILES string of the molecule is CN(Cc1cncs1)C(=O)N[C@@H](CO)C(=O)N[C@@H](CC[C@@H](CCc1ccccc1)NC(=O)OCc1cncs1)Cc1ccccc1. The molecule has 0 spiro atoms. The van der Waals surface area contributed by atoms with Gasteiger partial charge in [-0.2, -0.15) is 0 Å². The molecule has 0 bridgehead atoms. The molecule has 244 valence electrons. The maximum absolute atomic E-state index is 13.4. The molecule has 0 radical (unpaired) electrons. The van der Waals surface area contributed by atoms with Gasteiger partial charge in [0.1, 0.15) is 12.6 Å². The summed E-state index contributed by atoms with van der Waals surface area (Å²) in [5, 5.41) is 18.7. The summed E-state index contributed by atoms with van der Waals surface area (Å²) in [5.74, 6) is -0.485. The van der Waals surface area contributed by atoms with Gasteiger partial charge >= 0.3 is 12.1 Å². The molecule has 11 nitrogen and oxygen atoms in total. The normalized spacial score (nSPS) is 12.8. The van der Waals surface area contributed by atoms with Crippen molar-refractivity contribution in [2.45, 2.75) is 63.4 Å². The minimum atomic E-state index is -1.14. The smallest absolute Gasteiger partial charge is 0.407 e. The molecule has 0 unspecified atom stereocenters. The number of aromatic nitrogens is 2. The summed E-state index contributed by atoms with van der Waals surface area (Å²) in [6.45, 7) is -0.0872. The molecule has 0 saturated carbocycles. The van der Waals surface area contributed by atoms with Crippen molar-refractivity contribution in [1.82, 2.24) is 30.8 Å². The Bertz CT molecular complexity index is 1460. The number of benzene rings is 2. The molecule has 0 aliphatic rings. The van der Waals surface area contributed by atoms with Crippen LogP contribution >= 0.6 is 22.7 Å². The van der Waals surface area contributed by atoms with Gasteiger partial charge in [-0.15, -0.1) is 22.7 Å². The second-order valence-electron chi connectivity index (χ2n) is 10.9. The number of hydrogen-bond acceptors (Lipinski definition) is 9. The van der Waals surface area contributed by atoms with Crippen molar-refractivity contribution in [2.24, 2.45) is 0 Å². The van der Waals surface area contributed by atoms with Gasteiger partial charge in [0.15, 0.2) is 0 Å². The number of alkyl carbamates (subject to hydrolysis) is 1. The summed E-state index contributed by atoms with van der Waals surface area (Å²) >= 11 is 2.84. The number of ether oxygens (including phenoxy) is 1. The summed E-state index contributed by atoms with van der Waals surface area (Å²) in [5.41, 5.74) is 5.56. The lowest BCUT2D eigenvalue weighted by Crippen LogP contribution is -2.54. The molecule has 0 aliphatic heterocycles. The Morgan fingerprint density at radius 2 is 1.46 bits per heavy atom. The van der Waals surface area contributed by atoms with E-state index in [4.69, 9.17) is 4.74 Å². The number of thiazole rings is 2. The predicted octanol–water partition coefficient (Wildman–Crippen LogP) is 4.54. The van der Waals surface area contributed by atoms with Crippen LogP contribution in [0, 0.1) is 0 Å². The van der Waals surface area contributed by atoms with Crippen molar-refractivity contribution in [3.8, 4) is 0 Å². The molecule has 3 atom stereocenters. The molecule has 2 aromatic heterocycles. The van der Waals surface area contributed by atoms with Crippen LogP contribution in [0.2, 0.25) is 0 Å². The fourth-order valence-electron chi connectivity index (χ4n) is 4.84. The van der Waals surface area contributed by atoms with Gasteiger partial charge < -0.3 is 30.7 Å². The minimum absolute atomic E-state index is 0.141. The molecule has 46 heavy (non-hydrogen) atoms. The van der Waals surface area contributed by atoms with Crippen molar-refractivity contribution >= 4 is 40.7 Å². The van der Waals surface area contributed by atoms with Crippen LogP contribution in [-0.4, -0.2) is 69.8 Å². The van der Waals surface area contributed by atoms with Gasteiger partial charge in [-0.05, 0) is 43.2 Å². The Labute approximate surface area is 277 Å². The van der Waals surface area contributed by atoms with Crippen LogP contribution < -0.4 is 16.0 Å². The molecule has 0 fully saturated rings. The van der Waals surface area contributed by atoms with E-state index >= 15 is 0 Å². The number of nitrogens with zero attached hydrogens (tertiary/aromatic N) is 3. The highest BCUT2D eigenvalue weighted by Crippen LogP contribution is 2.15. The van der Waals surface area contributed by atoms with Crippen molar-refractivity contribution in [3.63, 3.8) is 0 Å². The van der Waals surface area contributed by atoms with Crippen molar-refractivity contribution in [1.29, 1.82) is 0 Å². The summed E-state index contributed by atoms with van der Waals surface area (Å²) in [7, 11) is 1.62. The molecule has 4 amide bonds. The summed E-state index contributed by atoms with van der Waals surface area (Å²) in [6.07, 6.45) is 5.90. The molecule has 4 N–H and O–H groups in total. The van der Waals surface area contributed by atoms with Crippen LogP contribution in [0.25, 0.3) is 0 Å². The monoisotopic (exact) mass is 664 g/mol. The first-order chi connectivity index (χ1) is 22.4. The number of amides is 4. The topological polar surface area (TPSA) is 146 Å². The standard InChI is InChI=1S/C33H40N6O5S2/c1-39(19-28-17-34-22-45-28)32(42)38-30(20-40)31(41)36-27(16-25-10-6-3-7-11-25)15-14-26(13-12-24-8-4-2-5-9-24)37-33(43)44-21-29-18-35-23-46-29/h2-11,17-18,22-23,26-27,30,40H,12-16,19-21H2,1H3,(H,36,41)(H,37,43)(H,38,42)/t26-,27+,30+/m1/s1. The summed E-state index contributed by atoms with van der Waals surface area (Å²) < 4.78 is 5.45. The zero-order valence-corrected chi connectivity index (χ0v) is 27.3. The summed E-state index contributed by atoms with van der Waals surface area (Å²) in [4.78, 5) is 50.2. The predicted molar refractivity (Wildman–Crippen MR) is 178 cm³/mol. The zero-order valence-electron chi connectivity index (χ0n) is 25.7. The van der Waals surface area contributed by atoms with E-state index in [2.05, 4.69) is 38.1 Å². The largest absolute Gasteiger partial charge is 0.444 e. The van der Waals surface area contributed by atoms with Gasteiger partial charge in [0.25, 0.3) is 0 Å². The Balaban J connectivity index is 1.39. The number of carbonyl (C=O) groups excluding carboxylic acids is 3. The molecule has 2 aromatic carbocycles. The number of carbonyl (C=O) groups is 3. The van der Waals surface area contributed by atoms with E-state index in [0.29, 0.717) is 32.2 Å². The lowest BCUT2D eigenvalue weighted by atomic mass is 9.96. The maximum Gasteiger partial charge on any atom is 0.407 e. The van der Waals surface area contributed by atoms with Gasteiger partial charge in [0.2, 0.25) is 5.91 Å². The van der Waals surface area contributed by atoms with E-state index < -0.39 is 30.7 Å². The van der Waals surface area contributed by atoms with Crippen LogP contribution in [0.4, 0.5) is 9.59 Å². The number of hydrogen-bond donors (Lipinski definition) is 4. The first kappa shape index (κ1) is 34.5. The summed E-state index contributed by atoms with van der Waals surface area (Å²) in [6, 6.07) is 17.6. The highest BCUT2D eigenvalue weighted by Gasteiger charge is 2.25. The van der Waals surface area contributed by atoms with Crippen LogP contribution in [0.15, 0.2) is 84.1 Å². The third-order valence-corrected chi connectivity index (χ3v) is 8.85. The first-order valence-corrected chi connectivity index (χ1v) is 16.8. The average Bonchev–Trinajstić information content (AvgIpc) is 3.79. The van der Waals surface area contributed by atoms with Crippen LogP contribution in [-0.2, 0) is 35.5 Å². The Morgan fingerprint density at radius 3 is 2.09 bits per heavy atom. The number of rotatable bonds is 17. The van der Waals surface area contributed by atoms with Gasteiger partial charge in [0.05, 0.1) is 29.0 Å². The third-order valence-electron chi connectivity index (χ3n) is 7.33. The molecular weight excluding hydrogens is 625 g/mol. The van der Waals surface area contributed by atoms with E-state index in [1.165, 1.54) is 27.6 Å². The van der Waals surface area contributed by atoms with Crippen LogP contribution in [0.3, 0.4) is 0 Å².